The number of sulfonamides is 1. The topological polar surface area (TPSA) is 72.2 Å². The highest BCUT2D eigenvalue weighted by molar-refractivity contribution is 7.95. The number of benzene rings is 1. The standard InChI is InChI=1S/C9H8ClF3N2O2S2/c10-6-2-1-5(9(11,12)13)3-7(6)15-19(16,17)4-8(14)18/h1-3,15H,4H2,(H2,14,18). The fourth-order valence-electron chi connectivity index (χ4n) is 1.17. The van der Waals surface area contributed by atoms with Gasteiger partial charge in [0.05, 0.1) is 21.3 Å². The molecule has 0 heterocycles. The van der Waals surface area contributed by atoms with Crippen LogP contribution in [-0.4, -0.2) is 19.2 Å². The van der Waals surface area contributed by atoms with Crippen LogP contribution in [0.4, 0.5) is 18.9 Å². The number of nitrogens with two attached hydrogens (primary N) is 1. The van der Waals surface area contributed by atoms with Crippen LogP contribution in [-0.2, 0) is 16.2 Å². The van der Waals surface area contributed by atoms with Crippen LogP contribution < -0.4 is 10.5 Å². The number of nitrogens with one attached hydrogen (secondary N) is 1. The van der Waals surface area contributed by atoms with Gasteiger partial charge in [-0.25, -0.2) is 8.42 Å². The lowest BCUT2D eigenvalue weighted by Gasteiger charge is -2.12. The molecule has 1 aromatic carbocycles. The van der Waals surface area contributed by atoms with Gasteiger partial charge in [0.25, 0.3) is 0 Å². The smallest absolute Gasteiger partial charge is 0.392 e. The molecular formula is C9H8ClF3N2O2S2. The van der Waals surface area contributed by atoms with Gasteiger partial charge < -0.3 is 5.73 Å². The number of rotatable bonds is 4. The maximum atomic E-state index is 12.5. The fraction of sp³-hybridized carbons (Fsp3) is 0.222. The van der Waals surface area contributed by atoms with Gasteiger partial charge in [0.1, 0.15) is 5.75 Å². The van der Waals surface area contributed by atoms with Crippen molar-refractivity contribution in [2.45, 2.75) is 6.18 Å². The molecule has 19 heavy (non-hydrogen) atoms. The van der Waals surface area contributed by atoms with E-state index in [0.717, 1.165) is 12.1 Å². The molecule has 10 heteroatoms. The lowest BCUT2D eigenvalue weighted by molar-refractivity contribution is -0.137. The van der Waals surface area contributed by atoms with Crippen molar-refractivity contribution in [1.29, 1.82) is 0 Å². The van der Waals surface area contributed by atoms with Gasteiger partial charge in [-0.15, -0.1) is 0 Å². The average Bonchev–Trinajstić information content (AvgIpc) is 2.17. The normalized spacial score (nSPS) is 12.2. The molecule has 0 aliphatic carbocycles. The number of thiocarbonyl (C=S) groups is 1. The zero-order chi connectivity index (χ0) is 14.8. The number of halogens is 4. The minimum atomic E-state index is -4.60. The molecule has 0 bridgehead atoms. The first-order valence-electron chi connectivity index (χ1n) is 4.67. The Hall–Kier alpha value is -1.06. The van der Waals surface area contributed by atoms with Gasteiger partial charge in [-0.1, -0.05) is 23.8 Å². The maximum Gasteiger partial charge on any atom is 0.416 e. The van der Waals surface area contributed by atoms with E-state index >= 15 is 0 Å². The monoisotopic (exact) mass is 332 g/mol. The third kappa shape index (κ3) is 4.84. The van der Waals surface area contributed by atoms with Crippen LogP contribution in [0.3, 0.4) is 0 Å². The highest BCUT2D eigenvalue weighted by Crippen LogP contribution is 2.34. The number of anilines is 1. The molecule has 4 nitrogen and oxygen atoms in total. The van der Waals surface area contributed by atoms with Gasteiger partial charge in [0.15, 0.2) is 0 Å². The van der Waals surface area contributed by atoms with E-state index < -0.39 is 27.5 Å². The van der Waals surface area contributed by atoms with Gasteiger partial charge in [-0.2, -0.15) is 13.2 Å². The summed E-state index contributed by atoms with van der Waals surface area (Å²) in [6.45, 7) is 0. The Morgan fingerprint density at radius 2 is 2.00 bits per heavy atom. The van der Waals surface area contributed by atoms with Crippen molar-refractivity contribution >= 4 is 44.5 Å². The van der Waals surface area contributed by atoms with Gasteiger partial charge in [0, 0.05) is 0 Å². The SMILES string of the molecule is NC(=S)CS(=O)(=O)Nc1cc(C(F)(F)F)ccc1Cl. The summed E-state index contributed by atoms with van der Waals surface area (Å²) in [6, 6.07) is 2.29. The second-order valence-corrected chi connectivity index (χ2v) is 6.17. The second kappa shape index (κ2) is 5.51. The van der Waals surface area contributed by atoms with Gasteiger partial charge in [0.2, 0.25) is 10.0 Å². The lowest BCUT2D eigenvalue weighted by atomic mass is 10.2. The number of alkyl halides is 3. The molecule has 0 saturated heterocycles. The number of hydrogen-bond acceptors (Lipinski definition) is 3. The van der Waals surface area contributed by atoms with Crippen LogP contribution in [0.1, 0.15) is 5.56 Å². The van der Waals surface area contributed by atoms with Crippen LogP contribution in [0.5, 0.6) is 0 Å². The van der Waals surface area contributed by atoms with E-state index in [4.69, 9.17) is 17.3 Å². The molecule has 0 fully saturated rings. The molecule has 0 unspecified atom stereocenters. The summed E-state index contributed by atoms with van der Waals surface area (Å²) in [4.78, 5) is -0.310. The molecule has 0 aromatic heterocycles. The summed E-state index contributed by atoms with van der Waals surface area (Å²) >= 11 is 10.1. The molecule has 0 saturated carbocycles. The Kier molecular flexibility index (Phi) is 4.64. The molecule has 0 aliphatic heterocycles. The summed E-state index contributed by atoms with van der Waals surface area (Å²) in [6.07, 6.45) is -4.60. The van der Waals surface area contributed by atoms with Crippen molar-refractivity contribution in [2.75, 3.05) is 10.5 Å². The predicted molar refractivity (Wildman–Crippen MR) is 70.6 cm³/mol. The van der Waals surface area contributed by atoms with Crippen molar-refractivity contribution in [1.82, 2.24) is 0 Å². The Labute approximate surface area is 117 Å². The van der Waals surface area contributed by atoms with Crippen molar-refractivity contribution in [3.05, 3.63) is 28.8 Å². The van der Waals surface area contributed by atoms with Gasteiger partial charge >= 0.3 is 6.18 Å². The van der Waals surface area contributed by atoms with Crippen LogP contribution in [0.15, 0.2) is 18.2 Å². The van der Waals surface area contributed by atoms with E-state index in [1.165, 1.54) is 0 Å². The third-order valence-electron chi connectivity index (χ3n) is 1.89. The van der Waals surface area contributed by atoms with E-state index in [1.807, 2.05) is 4.72 Å². The zero-order valence-electron chi connectivity index (χ0n) is 9.16. The quantitative estimate of drug-likeness (QED) is 0.830. The van der Waals surface area contributed by atoms with E-state index in [1.54, 1.807) is 0 Å². The van der Waals surface area contributed by atoms with Gasteiger partial charge in [-0.05, 0) is 18.2 Å². The molecular weight excluding hydrogens is 325 g/mol. The first kappa shape index (κ1) is 16.0. The largest absolute Gasteiger partial charge is 0.416 e. The third-order valence-corrected chi connectivity index (χ3v) is 3.77. The Morgan fingerprint density at radius 1 is 1.42 bits per heavy atom. The van der Waals surface area contributed by atoms with Crippen molar-refractivity contribution in [2.24, 2.45) is 5.73 Å². The van der Waals surface area contributed by atoms with Crippen molar-refractivity contribution < 1.29 is 21.6 Å². The van der Waals surface area contributed by atoms with E-state index in [0.29, 0.717) is 6.07 Å². The van der Waals surface area contributed by atoms with E-state index in [2.05, 4.69) is 12.2 Å². The molecule has 0 radical (unpaired) electrons. The second-order valence-electron chi connectivity index (χ2n) is 3.52. The highest BCUT2D eigenvalue weighted by Gasteiger charge is 2.31. The highest BCUT2D eigenvalue weighted by atomic mass is 35.5. The molecule has 0 atom stereocenters. The summed E-state index contributed by atoms with van der Waals surface area (Å²) in [5, 5.41) is -0.167. The lowest BCUT2D eigenvalue weighted by Crippen LogP contribution is -2.26. The fourth-order valence-corrected chi connectivity index (χ4v) is 2.81. The maximum absolute atomic E-state index is 12.5. The van der Waals surface area contributed by atoms with E-state index in [9.17, 15) is 21.6 Å². The minimum absolute atomic E-state index is 0.167. The molecule has 106 valence electrons. The Morgan fingerprint density at radius 3 is 2.47 bits per heavy atom. The van der Waals surface area contributed by atoms with Crippen LogP contribution in [0.25, 0.3) is 0 Å². The Balaban J connectivity index is 3.11. The summed E-state index contributed by atoms with van der Waals surface area (Å²) in [5.74, 6) is -0.686. The molecule has 0 amide bonds. The van der Waals surface area contributed by atoms with Crippen LogP contribution in [0.2, 0.25) is 5.02 Å². The zero-order valence-corrected chi connectivity index (χ0v) is 11.6. The summed E-state index contributed by atoms with van der Waals surface area (Å²) in [5.41, 5.74) is 3.66. The molecule has 1 rings (SSSR count). The first-order chi connectivity index (χ1) is 8.51. The predicted octanol–water partition coefficient (Wildman–Crippen LogP) is 2.39. The molecule has 3 N–H and O–H groups in total. The first-order valence-corrected chi connectivity index (χ1v) is 7.10. The molecule has 1 aromatic rings. The molecule has 0 aliphatic rings. The Bertz CT molecular complexity index is 602. The number of hydrogen-bond donors (Lipinski definition) is 2. The van der Waals surface area contributed by atoms with E-state index in [-0.39, 0.29) is 15.7 Å². The molecule has 0 spiro atoms. The average molecular weight is 333 g/mol. The van der Waals surface area contributed by atoms with Crippen molar-refractivity contribution in [3.63, 3.8) is 0 Å². The minimum Gasteiger partial charge on any atom is -0.392 e. The summed E-state index contributed by atoms with van der Waals surface area (Å²) in [7, 11) is -3.99. The van der Waals surface area contributed by atoms with Crippen LogP contribution >= 0.6 is 23.8 Å². The van der Waals surface area contributed by atoms with Gasteiger partial charge in [-0.3, -0.25) is 4.72 Å². The summed E-state index contributed by atoms with van der Waals surface area (Å²) < 4.78 is 62.4. The van der Waals surface area contributed by atoms with Crippen LogP contribution in [0, 0.1) is 0 Å². The van der Waals surface area contributed by atoms with Crippen molar-refractivity contribution in [3.8, 4) is 0 Å².